The zero-order valence-corrected chi connectivity index (χ0v) is 25.3. The van der Waals surface area contributed by atoms with Crippen LogP contribution < -0.4 is 0 Å². The molecule has 12 heteroatoms. The molecule has 1 heterocycles. The van der Waals surface area contributed by atoms with E-state index in [0.717, 1.165) is 0 Å². The summed E-state index contributed by atoms with van der Waals surface area (Å²) in [5.74, 6) is -2.41. The van der Waals surface area contributed by atoms with Crippen LogP contribution in [-0.4, -0.2) is 53.0 Å². The van der Waals surface area contributed by atoms with Gasteiger partial charge in [-0.2, -0.15) is 0 Å². The van der Waals surface area contributed by atoms with Crippen molar-refractivity contribution in [3.63, 3.8) is 0 Å². The Balaban J connectivity index is 1.80. The zero-order chi connectivity index (χ0) is 32.5. The van der Waals surface area contributed by atoms with Crippen LogP contribution >= 0.6 is 0 Å². The highest BCUT2D eigenvalue weighted by molar-refractivity contribution is 5.91. The average molecular weight is 625 g/mol. The fraction of sp³-hybridized carbons (Fsp3) is 0.364. The summed E-state index contributed by atoms with van der Waals surface area (Å²) >= 11 is 0. The molecule has 3 aromatic carbocycles. The monoisotopic (exact) mass is 624 g/mol. The van der Waals surface area contributed by atoms with Crippen molar-refractivity contribution in [2.45, 2.75) is 60.4 Å². The van der Waals surface area contributed by atoms with Gasteiger partial charge in [0.2, 0.25) is 0 Å². The van der Waals surface area contributed by atoms with Gasteiger partial charge in [0.15, 0.2) is 0 Å². The van der Waals surface area contributed by atoms with Crippen LogP contribution in [0.3, 0.4) is 0 Å². The Morgan fingerprint density at radius 3 is 0.867 bits per heavy atom. The van der Waals surface area contributed by atoms with Crippen molar-refractivity contribution < 1.29 is 58.1 Å². The molecule has 0 saturated carbocycles. The van der Waals surface area contributed by atoms with E-state index in [1.807, 2.05) is 0 Å². The molecule has 240 valence electrons. The van der Waals surface area contributed by atoms with Gasteiger partial charge < -0.3 is 43.7 Å². The number of phenolic OH excluding ortho intramolecular Hbond substituents is 3. The van der Waals surface area contributed by atoms with E-state index in [1.165, 1.54) is 36.4 Å². The van der Waals surface area contributed by atoms with E-state index in [-0.39, 0.29) is 127 Å². The van der Waals surface area contributed by atoms with Crippen molar-refractivity contribution in [2.24, 2.45) is 0 Å². The lowest BCUT2D eigenvalue weighted by Crippen LogP contribution is -2.10. The van der Waals surface area contributed by atoms with E-state index in [4.69, 9.17) is 28.4 Å². The van der Waals surface area contributed by atoms with Gasteiger partial charge in [0.1, 0.15) is 17.2 Å². The molecule has 1 aliphatic rings. The Hall–Kier alpha value is -4.65. The van der Waals surface area contributed by atoms with Crippen LogP contribution in [0, 0.1) is 0 Å². The van der Waals surface area contributed by atoms with E-state index in [0.29, 0.717) is 0 Å². The first-order valence-electron chi connectivity index (χ1n) is 14.5. The van der Waals surface area contributed by atoms with Crippen molar-refractivity contribution in [2.75, 3.05) is 19.8 Å². The summed E-state index contributed by atoms with van der Waals surface area (Å²) in [4.78, 5) is 37.8. The number of hydrogen-bond donors (Lipinski definition) is 3. The standard InChI is InChI=1S/C33H36O12/c1-4-43-31(37)19-7-22-13-40-15-24-9-20(32(38)44-5-2)11-26(29(24)35)17-42-18-27-12-21(33(39)45-6-3)10-25(30(27)36)16-41-14-23(8-19)28(22)34/h7-12,34-36H,4-6,13-18H2,1-3H3. The molecule has 0 amide bonds. The molecule has 0 saturated heterocycles. The molecule has 3 N–H and O–H groups in total. The summed E-state index contributed by atoms with van der Waals surface area (Å²) in [6.45, 7) is 4.37. The van der Waals surface area contributed by atoms with E-state index < -0.39 is 17.9 Å². The number of ether oxygens (including phenoxy) is 6. The molecule has 0 fully saturated rings. The molecule has 0 aromatic heterocycles. The highest BCUT2D eigenvalue weighted by Crippen LogP contribution is 2.32. The number of hydrogen-bond acceptors (Lipinski definition) is 12. The van der Waals surface area contributed by atoms with Crippen molar-refractivity contribution in [1.29, 1.82) is 0 Å². The van der Waals surface area contributed by atoms with Gasteiger partial charge >= 0.3 is 17.9 Å². The molecular formula is C33H36O12. The van der Waals surface area contributed by atoms with Crippen LogP contribution in [0.1, 0.15) is 85.2 Å². The van der Waals surface area contributed by atoms with Gasteiger partial charge in [-0.15, -0.1) is 0 Å². The first-order chi connectivity index (χ1) is 21.7. The van der Waals surface area contributed by atoms with Crippen molar-refractivity contribution >= 4 is 17.9 Å². The normalized spacial score (nSPS) is 13.7. The van der Waals surface area contributed by atoms with Gasteiger partial charge in [0.05, 0.1) is 76.2 Å². The number of carbonyl (C=O) groups is 3. The van der Waals surface area contributed by atoms with Gasteiger partial charge in [0, 0.05) is 33.4 Å². The molecule has 4 rings (SSSR count). The third kappa shape index (κ3) is 8.09. The molecule has 0 spiro atoms. The lowest BCUT2D eigenvalue weighted by molar-refractivity contribution is 0.0516. The Kier molecular flexibility index (Phi) is 11.4. The van der Waals surface area contributed by atoms with Crippen LogP contribution in [0.25, 0.3) is 0 Å². The number of esters is 3. The summed E-state index contributed by atoms with van der Waals surface area (Å²) < 4.78 is 32.9. The number of aromatic hydroxyl groups is 3. The fourth-order valence-electron chi connectivity index (χ4n) is 4.75. The largest absolute Gasteiger partial charge is 0.507 e. The Morgan fingerprint density at radius 2 is 0.689 bits per heavy atom. The second-order valence-corrected chi connectivity index (χ2v) is 10.1. The highest BCUT2D eigenvalue weighted by Gasteiger charge is 2.21. The number of phenols is 3. The van der Waals surface area contributed by atoms with Crippen molar-refractivity contribution in [3.8, 4) is 17.2 Å². The lowest BCUT2D eigenvalue weighted by atomic mass is 10.0. The van der Waals surface area contributed by atoms with E-state index in [1.54, 1.807) is 20.8 Å². The molecule has 12 nitrogen and oxygen atoms in total. The second-order valence-electron chi connectivity index (χ2n) is 10.1. The third-order valence-corrected chi connectivity index (χ3v) is 6.88. The molecular weight excluding hydrogens is 588 g/mol. The maximum absolute atomic E-state index is 12.6. The van der Waals surface area contributed by atoms with Gasteiger partial charge in [-0.1, -0.05) is 0 Å². The Labute approximate surface area is 260 Å². The predicted octanol–water partition coefficient (Wildman–Crippen LogP) is 4.80. The maximum atomic E-state index is 12.6. The summed E-state index contributed by atoms with van der Waals surface area (Å²) in [6.07, 6.45) is 0. The number of benzene rings is 3. The summed E-state index contributed by atoms with van der Waals surface area (Å²) in [5, 5.41) is 33.2. The van der Waals surface area contributed by atoms with E-state index in [9.17, 15) is 29.7 Å². The molecule has 0 radical (unpaired) electrons. The van der Waals surface area contributed by atoms with Crippen molar-refractivity contribution in [3.05, 3.63) is 86.5 Å². The first kappa shape index (κ1) is 33.2. The van der Waals surface area contributed by atoms with Crippen LogP contribution in [0.4, 0.5) is 0 Å². The third-order valence-electron chi connectivity index (χ3n) is 6.88. The van der Waals surface area contributed by atoms with Crippen molar-refractivity contribution in [1.82, 2.24) is 0 Å². The highest BCUT2D eigenvalue weighted by atomic mass is 16.5. The predicted molar refractivity (Wildman–Crippen MR) is 158 cm³/mol. The van der Waals surface area contributed by atoms with Gasteiger partial charge in [-0.25, -0.2) is 14.4 Å². The Bertz CT molecular complexity index is 1300. The molecule has 0 unspecified atom stereocenters. The second kappa shape index (κ2) is 15.4. The fourth-order valence-corrected chi connectivity index (χ4v) is 4.75. The number of rotatable bonds is 6. The molecule has 0 atom stereocenters. The molecule has 0 aliphatic carbocycles. The topological polar surface area (TPSA) is 167 Å². The Morgan fingerprint density at radius 1 is 0.489 bits per heavy atom. The minimum Gasteiger partial charge on any atom is -0.507 e. The molecule has 45 heavy (non-hydrogen) atoms. The van der Waals surface area contributed by atoms with Gasteiger partial charge in [-0.05, 0) is 57.2 Å². The maximum Gasteiger partial charge on any atom is 0.338 e. The van der Waals surface area contributed by atoms with Gasteiger partial charge in [0.25, 0.3) is 0 Å². The minimum absolute atomic E-state index is 0.137. The zero-order valence-electron chi connectivity index (χ0n) is 25.3. The van der Waals surface area contributed by atoms with Crippen LogP contribution in [0.15, 0.2) is 36.4 Å². The first-order valence-corrected chi connectivity index (χ1v) is 14.5. The van der Waals surface area contributed by atoms with E-state index in [2.05, 4.69) is 0 Å². The molecule has 6 bridgehead atoms. The number of carbonyl (C=O) groups excluding carboxylic acids is 3. The minimum atomic E-state index is -0.615. The van der Waals surface area contributed by atoms with E-state index >= 15 is 0 Å². The van der Waals surface area contributed by atoms with Crippen LogP contribution in [-0.2, 0) is 68.1 Å². The van der Waals surface area contributed by atoms with Gasteiger partial charge in [-0.3, -0.25) is 0 Å². The molecule has 1 aliphatic heterocycles. The van der Waals surface area contributed by atoms with Crippen LogP contribution in [0.2, 0.25) is 0 Å². The van der Waals surface area contributed by atoms with Crippen LogP contribution in [0.5, 0.6) is 17.2 Å². The summed E-state index contributed by atoms with van der Waals surface area (Å²) in [6, 6.07) is 8.61. The summed E-state index contributed by atoms with van der Waals surface area (Å²) in [5.41, 5.74) is 1.96. The summed E-state index contributed by atoms with van der Waals surface area (Å²) in [7, 11) is 0. The SMILES string of the molecule is CCOC(=O)c1cc2c(O)c(c1)COCc1cc(C(=O)OCC)cc(c1O)COCc1cc(C(=O)OCC)cc(c1O)COC2. The molecule has 3 aromatic rings. The lowest BCUT2D eigenvalue weighted by Gasteiger charge is -2.17. The average Bonchev–Trinajstić information content (AvgIpc) is 3.01. The quantitative estimate of drug-likeness (QED) is 0.254. The number of fused-ring (bicyclic) bond motifs is 6. The smallest absolute Gasteiger partial charge is 0.338 e.